The number of nitrogens with one attached hydrogen (secondary N) is 2. The van der Waals surface area contributed by atoms with Crippen molar-refractivity contribution in [1.82, 2.24) is 5.43 Å². The number of carbonyl (C=O) groups is 2. The van der Waals surface area contributed by atoms with Crippen molar-refractivity contribution < 1.29 is 14.7 Å². The first-order chi connectivity index (χ1) is 14.3. The van der Waals surface area contributed by atoms with Crippen LogP contribution in [0.4, 0.5) is 5.69 Å². The second kappa shape index (κ2) is 9.75. The van der Waals surface area contributed by atoms with Gasteiger partial charge < -0.3 is 10.4 Å². The molecule has 0 aliphatic rings. The largest absolute Gasteiger partial charge is 0.507 e. The maximum atomic E-state index is 12.3. The summed E-state index contributed by atoms with van der Waals surface area (Å²) in [5.41, 5.74) is 3.94. The van der Waals surface area contributed by atoms with Crippen molar-refractivity contribution in [2.75, 3.05) is 5.32 Å². The molecular formula is C21H14BrCl2N3O3. The molecule has 0 aliphatic carbocycles. The minimum atomic E-state index is -0.445. The Kier molecular flexibility index (Phi) is 7.10. The molecule has 3 N–H and O–H groups in total. The van der Waals surface area contributed by atoms with E-state index in [-0.39, 0.29) is 16.3 Å². The van der Waals surface area contributed by atoms with Crippen LogP contribution in [0, 0.1) is 0 Å². The molecule has 0 radical (unpaired) electrons. The summed E-state index contributed by atoms with van der Waals surface area (Å²) >= 11 is 15.2. The Morgan fingerprint density at radius 3 is 2.40 bits per heavy atom. The van der Waals surface area contributed by atoms with E-state index in [2.05, 4.69) is 31.8 Å². The molecule has 0 fully saturated rings. The predicted molar refractivity (Wildman–Crippen MR) is 122 cm³/mol. The van der Waals surface area contributed by atoms with Gasteiger partial charge in [0.2, 0.25) is 0 Å². The van der Waals surface area contributed by atoms with Gasteiger partial charge in [0.05, 0.1) is 16.8 Å². The van der Waals surface area contributed by atoms with E-state index in [1.807, 2.05) is 0 Å². The lowest BCUT2D eigenvalue weighted by molar-refractivity contribution is 0.0954. The molecule has 0 aromatic heterocycles. The van der Waals surface area contributed by atoms with E-state index in [1.54, 1.807) is 42.5 Å². The number of benzene rings is 3. The van der Waals surface area contributed by atoms with Crippen LogP contribution in [-0.4, -0.2) is 23.1 Å². The highest BCUT2D eigenvalue weighted by Gasteiger charge is 2.12. The van der Waals surface area contributed by atoms with Gasteiger partial charge in [-0.15, -0.1) is 0 Å². The molecule has 3 rings (SSSR count). The highest BCUT2D eigenvalue weighted by molar-refractivity contribution is 9.10. The number of phenols is 1. The maximum absolute atomic E-state index is 12.3. The smallest absolute Gasteiger partial charge is 0.271 e. The van der Waals surface area contributed by atoms with E-state index in [0.29, 0.717) is 21.8 Å². The van der Waals surface area contributed by atoms with Crippen molar-refractivity contribution in [3.8, 4) is 5.75 Å². The van der Waals surface area contributed by atoms with E-state index < -0.39 is 11.8 Å². The van der Waals surface area contributed by atoms with Crippen molar-refractivity contribution in [3.63, 3.8) is 0 Å². The lowest BCUT2D eigenvalue weighted by Crippen LogP contribution is -2.18. The van der Waals surface area contributed by atoms with Crippen molar-refractivity contribution in [2.45, 2.75) is 0 Å². The molecule has 152 valence electrons. The molecule has 0 spiro atoms. The minimum Gasteiger partial charge on any atom is -0.507 e. The van der Waals surface area contributed by atoms with Crippen LogP contribution in [-0.2, 0) is 0 Å². The van der Waals surface area contributed by atoms with Gasteiger partial charge in [0.25, 0.3) is 11.8 Å². The van der Waals surface area contributed by atoms with Crippen molar-refractivity contribution in [1.29, 1.82) is 0 Å². The number of nitrogens with zero attached hydrogens (tertiary/aromatic N) is 1. The Labute approximate surface area is 190 Å². The van der Waals surface area contributed by atoms with Crippen LogP contribution in [0.15, 0.2) is 70.2 Å². The number of phenolic OH excluding ortho intramolecular Hbond substituents is 1. The number of hydrazone groups is 1. The lowest BCUT2D eigenvalue weighted by atomic mass is 10.1. The van der Waals surface area contributed by atoms with Gasteiger partial charge in [-0.2, -0.15) is 5.10 Å². The summed E-state index contributed by atoms with van der Waals surface area (Å²) in [6.07, 6.45) is 1.34. The second-order valence-electron chi connectivity index (χ2n) is 6.06. The zero-order chi connectivity index (χ0) is 21.7. The number of halogens is 3. The average molecular weight is 507 g/mol. The van der Waals surface area contributed by atoms with Crippen LogP contribution in [0.2, 0.25) is 10.0 Å². The molecule has 0 aliphatic heterocycles. The monoisotopic (exact) mass is 505 g/mol. The number of carbonyl (C=O) groups excluding carboxylic acids is 2. The van der Waals surface area contributed by atoms with Crippen LogP contribution in [0.5, 0.6) is 5.75 Å². The quantitative estimate of drug-likeness (QED) is 0.316. The molecule has 3 aromatic carbocycles. The molecule has 6 nitrogen and oxygen atoms in total. The number of hydrogen-bond acceptors (Lipinski definition) is 4. The molecule has 0 saturated heterocycles. The van der Waals surface area contributed by atoms with E-state index >= 15 is 0 Å². The molecule has 0 saturated carbocycles. The summed E-state index contributed by atoms with van der Waals surface area (Å²) in [6.45, 7) is 0. The van der Waals surface area contributed by atoms with Crippen LogP contribution >= 0.6 is 39.1 Å². The Bertz CT molecular complexity index is 1130. The normalized spacial score (nSPS) is 10.8. The first kappa shape index (κ1) is 21.8. The summed E-state index contributed by atoms with van der Waals surface area (Å²) < 4.78 is 0.769. The number of aromatic hydroxyl groups is 1. The Hall–Kier alpha value is -2.87. The first-order valence-corrected chi connectivity index (χ1v) is 10.1. The van der Waals surface area contributed by atoms with E-state index in [0.717, 1.165) is 4.47 Å². The van der Waals surface area contributed by atoms with Crippen molar-refractivity contribution >= 4 is 62.8 Å². The van der Waals surface area contributed by atoms with E-state index in [9.17, 15) is 14.7 Å². The first-order valence-electron chi connectivity index (χ1n) is 8.52. The molecule has 30 heavy (non-hydrogen) atoms. The molecule has 9 heteroatoms. The van der Waals surface area contributed by atoms with Gasteiger partial charge in [-0.1, -0.05) is 39.1 Å². The molecule has 0 bridgehead atoms. The standard InChI is InChI=1S/C21H14BrCl2N3O3/c22-14-3-8-19(28)13(9-14)11-25-27-20(29)12-1-5-16(6-2-12)26-21(30)17-7-4-15(23)10-18(17)24/h1-11,28H,(H,26,30)(H,27,29)/b25-11-. The fourth-order valence-corrected chi connectivity index (χ4v) is 3.30. The van der Waals surface area contributed by atoms with Crippen molar-refractivity contribution in [3.05, 3.63) is 91.9 Å². The lowest BCUT2D eigenvalue weighted by Gasteiger charge is -2.08. The SMILES string of the molecule is O=C(N/N=C\c1cc(Br)ccc1O)c1ccc(NC(=O)c2ccc(Cl)cc2Cl)cc1. The molecule has 0 heterocycles. The number of rotatable bonds is 5. The van der Waals surface area contributed by atoms with Gasteiger partial charge in [-0.3, -0.25) is 9.59 Å². The fourth-order valence-electron chi connectivity index (χ4n) is 2.43. The third-order valence-electron chi connectivity index (χ3n) is 3.94. The molecule has 0 atom stereocenters. The van der Waals surface area contributed by atoms with Gasteiger partial charge in [0, 0.05) is 26.3 Å². The average Bonchev–Trinajstić information content (AvgIpc) is 2.71. The zero-order valence-electron chi connectivity index (χ0n) is 15.2. The van der Waals surface area contributed by atoms with Crippen LogP contribution < -0.4 is 10.7 Å². The van der Waals surface area contributed by atoms with Crippen LogP contribution in [0.25, 0.3) is 0 Å². The minimum absolute atomic E-state index is 0.0390. The molecule has 3 aromatic rings. The van der Waals surface area contributed by atoms with Crippen LogP contribution in [0.1, 0.15) is 26.3 Å². The molecule has 2 amide bonds. The summed E-state index contributed by atoms with van der Waals surface area (Å²) in [5.74, 6) is -0.802. The maximum Gasteiger partial charge on any atom is 0.271 e. The highest BCUT2D eigenvalue weighted by atomic mass is 79.9. The van der Waals surface area contributed by atoms with E-state index in [4.69, 9.17) is 23.2 Å². The predicted octanol–water partition coefficient (Wildman–Crippen LogP) is 5.48. The number of anilines is 1. The number of amides is 2. The van der Waals surface area contributed by atoms with Gasteiger partial charge in [0.1, 0.15) is 5.75 Å². The Morgan fingerprint density at radius 2 is 1.70 bits per heavy atom. The van der Waals surface area contributed by atoms with Gasteiger partial charge in [-0.05, 0) is 60.7 Å². The summed E-state index contributed by atoms with van der Waals surface area (Å²) in [7, 11) is 0. The van der Waals surface area contributed by atoms with Gasteiger partial charge in [0.15, 0.2) is 0 Å². The van der Waals surface area contributed by atoms with Gasteiger partial charge in [-0.25, -0.2) is 5.43 Å². The summed E-state index contributed by atoms with van der Waals surface area (Å²) in [6, 6.07) is 15.7. The topological polar surface area (TPSA) is 90.8 Å². The van der Waals surface area contributed by atoms with Crippen molar-refractivity contribution in [2.24, 2.45) is 5.10 Å². The third-order valence-corrected chi connectivity index (χ3v) is 4.98. The Morgan fingerprint density at radius 1 is 0.967 bits per heavy atom. The second-order valence-corrected chi connectivity index (χ2v) is 7.82. The highest BCUT2D eigenvalue weighted by Crippen LogP contribution is 2.22. The Balaban J connectivity index is 1.62. The fraction of sp³-hybridized carbons (Fsp3) is 0. The van der Waals surface area contributed by atoms with Crippen LogP contribution in [0.3, 0.4) is 0 Å². The summed E-state index contributed by atoms with van der Waals surface area (Å²) in [4.78, 5) is 24.5. The third kappa shape index (κ3) is 5.60. The summed E-state index contributed by atoms with van der Waals surface area (Å²) in [5, 5.41) is 17.0. The van der Waals surface area contributed by atoms with E-state index in [1.165, 1.54) is 24.4 Å². The molecular weight excluding hydrogens is 493 g/mol. The molecule has 0 unspecified atom stereocenters. The van der Waals surface area contributed by atoms with Gasteiger partial charge >= 0.3 is 0 Å². The number of hydrogen-bond donors (Lipinski definition) is 3. The zero-order valence-corrected chi connectivity index (χ0v) is 18.3.